The van der Waals surface area contributed by atoms with Crippen molar-refractivity contribution in [1.82, 2.24) is 9.96 Å². The Bertz CT molecular complexity index is 939. The molecule has 0 aliphatic carbocycles. The lowest BCUT2D eigenvalue weighted by molar-refractivity contribution is -0.258. The largest absolute Gasteiger partial charge is 0.294 e. The first-order valence-electron chi connectivity index (χ1n) is 11.0. The van der Waals surface area contributed by atoms with Crippen molar-refractivity contribution in [1.29, 1.82) is 0 Å². The molecule has 0 spiro atoms. The van der Waals surface area contributed by atoms with Gasteiger partial charge in [-0.25, -0.2) is 0 Å². The van der Waals surface area contributed by atoms with E-state index in [0.29, 0.717) is 6.04 Å². The summed E-state index contributed by atoms with van der Waals surface area (Å²) in [6.45, 7) is 10.4. The van der Waals surface area contributed by atoms with Crippen LogP contribution in [0.25, 0.3) is 11.1 Å². The van der Waals surface area contributed by atoms with E-state index in [0.717, 1.165) is 26.2 Å². The van der Waals surface area contributed by atoms with Gasteiger partial charge in [-0.15, -0.1) is 0 Å². The van der Waals surface area contributed by atoms with Crippen molar-refractivity contribution in [3.63, 3.8) is 0 Å². The number of hydroxylamine groups is 2. The van der Waals surface area contributed by atoms with E-state index in [1.807, 2.05) is 0 Å². The van der Waals surface area contributed by atoms with Crippen LogP contribution in [0, 0.1) is 0 Å². The first-order chi connectivity index (χ1) is 14.6. The van der Waals surface area contributed by atoms with Crippen molar-refractivity contribution >= 4 is 0 Å². The van der Waals surface area contributed by atoms with E-state index in [2.05, 4.69) is 116 Å². The van der Waals surface area contributed by atoms with E-state index in [9.17, 15) is 0 Å². The van der Waals surface area contributed by atoms with Crippen molar-refractivity contribution in [3.8, 4) is 11.1 Å². The zero-order valence-electron chi connectivity index (χ0n) is 18.3. The molecule has 3 aromatic rings. The van der Waals surface area contributed by atoms with Crippen LogP contribution in [-0.4, -0.2) is 36.1 Å². The molecule has 4 rings (SSSR count). The molecular weight excluding hydrogens is 368 g/mol. The topological polar surface area (TPSA) is 15.7 Å². The molecule has 3 aromatic carbocycles. The second-order valence-electron chi connectivity index (χ2n) is 8.46. The fourth-order valence-electron chi connectivity index (χ4n) is 4.50. The highest BCUT2D eigenvalue weighted by Crippen LogP contribution is 2.36. The standard InChI is InChI=1S/C27H32N2O/c1-4-28-19-20-29(21-26(28)23-15-9-6-10-16-23)30-27(2,3)25-18-12-11-17-24(25)22-13-7-5-8-14-22/h5-18,26H,4,19-21H2,1-3H3. The SMILES string of the molecule is CCN1CCN(OC(C)(C)c2ccccc2-c2ccccc2)CC1c1ccccc1. The highest BCUT2D eigenvalue weighted by atomic mass is 16.7. The van der Waals surface area contributed by atoms with Crippen LogP contribution in [0.15, 0.2) is 84.9 Å². The molecule has 3 nitrogen and oxygen atoms in total. The van der Waals surface area contributed by atoms with Crippen molar-refractivity contribution < 1.29 is 4.84 Å². The molecule has 1 fully saturated rings. The Morgan fingerprint density at radius 1 is 0.833 bits per heavy atom. The number of piperazine rings is 1. The quantitative estimate of drug-likeness (QED) is 0.512. The van der Waals surface area contributed by atoms with Gasteiger partial charge in [0.2, 0.25) is 0 Å². The van der Waals surface area contributed by atoms with E-state index >= 15 is 0 Å². The van der Waals surface area contributed by atoms with E-state index in [4.69, 9.17) is 4.84 Å². The summed E-state index contributed by atoms with van der Waals surface area (Å²) in [7, 11) is 0. The third-order valence-electron chi connectivity index (χ3n) is 6.06. The minimum atomic E-state index is -0.429. The summed E-state index contributed by atoms with van der Waals surface area (Å²) in [6, 6.07) is 30.3. The van der Waals surface area contributed by atoms with Crippen LogP contribution in [0.3, 0.4) is 0 Å². The fourth-order valence-corrected chi connectivity index (χ4v) is 4.50. The highest BCUT2D eigenvalue weighted by Gasteiger charge is 2.33. The first-order valence-corrected chi connectivity index (χ1v) is 11.0. The molecule has 0 amide bonds. The zero-order chi connectivity index (χ0) is 21.0. The summed E-state index contributed by atoms with van der Waals surface area (Å²) in [6.07, 6.45) is 0. The van der Waals surface area contributed by atoms with Crippen LogP contribution in [0.2, 0.25) is 0 Å². The summed E-state index contributed by atoms with van der Waals surface area (Å²) < 4.78 is 0. The van der Waals surface area contributed by atoms with Crippen molar-refractivity contribution in [3.05, 3.63) is 96.1 Å². The molecule has 30 heavy (non-hydrogen) atoms. The lowest BCUT2D eigenvalue weighted by atomic mass is 9.89. The second kappa shape index (κ2) is 9.13. The maximum Gasteiger partial charge on any atom is 0.110 e. The molecule has 1 aliphatic rings. The summed E-state index contributed by atoms with van der Waals surface area (Å²) in [4.78, 5) is 9.22. The van der Waals surface area contributed by atoms with Gasteiger partial charge < -0.3 is 0 Å². The Balaban J connectivity index is 1.57. The molecule has 0 aromatic heterocycles. The number of hydrogen-bond donors (Lipinski definition) is 0. The third-order valence-corrected chi connectivity index (χ3v) is 6.06. The van der Waals surface area contributed by atoms with Crippen LogP contribution in [0.1, 0.15) is 37.9 Å². The van der Waals surface area contributed by atoms with E-state index in [1.165, 1.54) is 22.3 Å². The van der Waals surface area contributed by atoms with Crippen LogP contribution < -0.4 is 0 Å². The molecular formula is C27H32N2O. The van der Waals surface area contributed by atoms with Gasteiger partial charge >= 0.3 is 0 Å². The second-order valence-corrected chi connectivity index (χ2v) is 8.46. The molecule has 0 radical (unpaired) electrons. The molecule has 1 heterocycles. The van der Waals surface area contributed by atoms with Crippen LogP contribution in [0.5, 0.6) is 0 Å². The highest BCUT2D eigenvalue weighted by molar-refractivity contribution is 5.68. The van der Waals surface area contributed by atoms with Gasteiger partial charge in [-0.2, -0.15) is 5.06 Å². The Morgan fingerprint density at radius 2 is 1.47 bits per heavy atom. The molecule has 1 saturated heterocycles. The number of nitrogens with zero attached hydrogens (tertiary/aromatic N) is 2. The van der Waals surface area contributed by atoms with E-state index < -0.39 is 5.60 Å². The van der Waals surface area contributed by atoms with Gasteiger partial charge in [0.1, 0.15) is 5.60 Å². The normalized spacial score (nSPS) is 18.4. The molecule has 0 N–H and O–H groups in total. The molecule has 1 atom stereocenters. The number of hydrogen-bond acceptors (Lipinski definition) is 3. The molecule has 0 bridgehead atoms. The molecule has 0 saturated carbocycles. The van der Waals surface area contributed by atoms with Gasteiger partial charge in [0.15, 0.2) is 0 Å². The predicted octanol–water partition coefficient (Wildman–Crippen LogP) is 5.90. The number of benzene rings is 3. The smallest absolute Gasteiger partial charge is 0.110 e. The van der Waals surface area contributed by atoms with Gasteiger partial charge in [-0.3, -0.25) is 9.74 Å². The maximum absolute atomic E-state index is 6.68. The number of rotatable bonds is 6. The average Bonchev–Trinajstić information content (AvgIpc) is 2.80. The Morgan fingerprint density at radius 3 is 2.17 bits per heavy atom. The summed E-state index contributed by atoms with van der Waals surface area (Å²) >= 11 is 0. The molecule has 1 unspecified atom stereocenters. The van der Waals surface area contributed by atoms with Crippen molar-refractivity contribution in [2.45, 2.75) is 32.4 Å². The van der Waals surface area contributed by atoms with Gasteiger partial charge in [-0.1, -0.05) is 91.9 Å². The Labute approximate surface area is 180 Å². The summed E-state index contributed by atoms with van der Waals surface area (Å²) in [5, 5.41) is 2.17. The van der Waals surface area contributed by atoms with Crippen LogP contribution in [-0.2, 0) is 10.4 Å². The lowest BCUT2D eigenvalue weighted by Gasteiger charge is -2.43. The predicted molar refractivity (Wildman–Crippen MR) is 124 cm³/mol. The Kier molecular flexibility index (Phi) is 6.33. The van der Waals surface area contributed by atoms with Gasteiger partial charge in [0, 0.05) is 25.7 Å². The Hall–Kier alpha value is -2.46. The minimum absolute atomic E-state index is 0.352. The average molecular weight is 401 g/mol. The van der Waals surface area contributed by atoms with Gasteiger partial charge in [-0.05, 0) is 42.6 Å². The van der Waals surface area contributed by atoms with E-state index in [1.54, 1.807) is 0 Å². The number of likely N-dealkylation sites (N-methyl/N-ethyl adjacent to an activating group) is 1. The lowest BCUT2D eigenvalue weighted by Crippen LogP contribution is -2.50. The maximum atomic E-state index is 6.68. The fraction of sp³-hybridized carbons (Fsp3) is 0.333. The van der Waals surface area contributed by atoms with E-state index in [-0.39, 0.29) is 0 Å². The summed E-state index contributed by atoms with van der Waals surface area (Å²) in [5.74, 6) is 0. The summed E-state index contributed by atoms with van der Waals surface area (Å²) in [5.41, 5.74) is 4.60. The van der Waals surface area contributed by atoms with Gasteiger partial charge in [0.25, 0.3) is 0 Å². The van der Waals surface area contributed by atoms with Crippen LogP contribution >= 0.6 is 0 Å². The molecule has 1 aliphatic heterocycles. The minimum Gasteiger partial charge on any atom is -0.294 e. The zero-order valence-corrected chi connectivity index (χ0v) is 18.3. The monoisotopic (exact) mass is 400 g/mol. The third kappa shape index (κ3) is 4.49. The van der Waals surface area contributed by atoms with Crippen molar-refractivity contribution in [2.75, 3.05) is 26.2 Å². The molecule has 156 valence electrons. The van der Waals surface area contributed by atoms with Crippen LogP contribution in [0.4, 0.5) is 0 Å². The first kappa shape index (κ1) is 20.8. The molecule has 3 heteroatoms. The van der Waals surface area contributed by atoms with Crippen molar-refractivity contribution in [2.24, 2.45) is 0 Å². The van der Waals surface area contributed by atoms with Gasteiger partial charge in [0.05, 0.1) is 0 Å².